The summed E-state index contributed by atoms with van der Waals surface area (Å²) in [5.41, 5.74) is 20.8. The van der Waals surface area contributed by atoms with Crippen LogP contribution in [0.4, 0.5) is 68.2 Å². The third-order valence-corrected chi connectivity index (χ3v) is 15.4. The molecule has 0 aliphatic carbocycles. The lowest BCUT2D eigenvalue weighted by Crippen LogP contribution is -2.64. The van der Waals surface area contributed by atoms with Crippen LogP contribution in [0.2, 0.25) is 0 Å². The maximum atomic E-state index is 7.25. The van der Waals surface area contributed by atoms with Crippen molar-refractivity contribution < 1.29 is 4.42 Å². The molecule has 2 aromatic heterocycles. The Morgan fingerprint density at radius 3 is 1.36 bits per heavy atom. The van der Waals surface area contributed by atoms with Gasteiger partial charge in [-0.2, -0.15) is 0 Å². The van der Waals surface area contributed by atoms with Gasteiger partial charge in [-0.05, 0) is 119 Å². The summed E-state index contributed by atoms with van der Waals surface area (Å²) in [6.07, 6.45) is 0. The van der Waals surface area contributed by atoms with Gasteiger partial charge in [0.2, 0.25) is 0 Å². The first-order chi connectivity index (χ1) is 32.8. The molecular formula is C58H36B2N4OS. The standard InChI is InChI=1S/C58H36B2N4OS/c1-5-19-37(20-6-1)61-45-29-17-31-47-53(45)59(57-55(41-27-13-15-33-51(41)65-57)63(47)39-23-9-3-10-24-39)43-35-44-50(36-49(43)61)62(38-21-7-2-8-22-38)46-30-18-32-48-54(46)60(44)58-56(42-28-14-16-34-52(42)66-58)64(48)40-25-11-4-12-26-40/h1-36H. The van der Waals surface area contributed by atoms with Crippen molar-refractivity contribution in [3.63, 3.8) is 0 Å². The van der Waals surface area contributed by atoms with E-state index in [1.54, 1.807) is 0 Å². The molecule has 15 rings (SSSR count). The van der Waals surface area contributed by atoms with Gasteiger partial charge in [0.1, 0.15) is 5.58 Å². The number of hydrogen-bond acceptors (Lipinski definition) is 6. The summed E-state index contributed by atoms with van der Waals surface area (Å²) in [7, 11) is 0. The van der Waals surface area contributed by atoms with Gasteiger partial charge < -0.3 is 24.0 Å². The van der Waals surface area contributed by atoms with E-state index in [1.165, 1.54) is 59.5 Å². The summed E-state index contributed by atoms with van der Waals surface area (Å²) in [6.45, 7) is -0.225. The van der Waals surface area contributed by atoms with Crippen molar-refractivity contribution >= 4 is 146 Å². The van der Waals surface area contributed by atoms with Crippen LogP contribution in [0, 0.1) is 0 Å². The van der Waals surface area contributed by atoms with Crippen LogP contribution in [0.3, 0.4) is 0 Å². The maximum Gasteiger partial charge on any atom is 0.297 e. The fourth-order valence-corrected chi connectivity index (χ4v) is 12.9. The quantitative estimate of drug-likeness (QED) is 0.164. The molecule has 0 unspecified atom stereocenters. The Morgan fingerprint density at radius 1 is 0.348 bits per heavy atom. The molecular weight excluding hydrogens is 822 g/mol. The molecule has 0 bridgehead atoms. The minimum atomic E-state index is -0.188. The zero-order valence-corrected chi connectivity index (χ0v) is 36.4. The van der Waals surface area contributed by atoms with Crippen molar-refractivity contribution in [2.45, 2.75) is 0 Å². The van der Waals surface area contributed by atoms with Crippen LogP contribution in [-0.2, 0) is 0 Å². The smallest absolute Gasteiger partial charge is 0.297 e. The zero-order valence-electron chi connectivity index (χ0n) is 35.5. The molecule has 5 nitrogen and oxygen atoms in total. The average molecular weight is 859 g/mol. The van der Waals surface area contributed by atoms with E-state index in [0.29, 0.717) is 0 Å². The fraction of sp³-hybridized carbons (Fsp3) is 0. The van der Waals surface area contributed by atoms with Crippen LogP contribution in [0.5, 0.6) is 0 Å². The number of benzene rings is 9. The number of hydrogen-bond donors (Lipinski definition) is 0. The Morgan fingerprint density at radius 2 is 0.788 bits per heavy atom. The van der Waals surface area contributed by atoms with Crippen molar-refractivity contribution in [3.8, 4) is 0 Å². The van der Waals surface area contributed by atoms with E-state index in [4.69, 9.17) is 4.42 Å². The lowest BCUT2D eigenvalue weighted by atomic mass is 9.32. The molecule has 306 valence electrons. The molecule has 0 fully saturated rings. The maximum absolute atomic E-state index is 7.25. The number of nitrogens with zero attached hydrogens (tertiary/aromatic N) is 4. The third kappa shape index (κ3) is 4.86. The van der Waals surface area contributed by atoms with Gasteiger partial charge in [0.05, 0.1) is 17.0 Å². The highest BCUT2D eigenvalue weighted by Crippen LogP contribution is 2.51. The number of rotatable bonds is 4. The summed E-state index contributed by atoms with van der Waals surface area (Å²) in [5.74, 6) is 0. The second-order valence-corrected chi connectivity index (χ2v) is 18.6. The van der Waals surface area contributed by atoms with Crippen LogP contribution in [0.15, 0.2) is 223 Å². The highest BCUT2D eigenvalue weighted by molar-refractivity contribution is 7.33. The van der Waals surface area contributed by atoms with Crippen molar-refractivity contribution in [1.29, 1.82) is 0 Å². The molecule has 9 aromatic carbocycles. The third-order valence-electron chi connectivity index (χ3n) is 14.2. The SMILES string of the molecule is c1ccc(N2c3cc4c(cc3B3c5oc6ccccc6c5N(c5ccccc5)c5cccc2c53)B2c3sc5ccccc5c3N(c3ccccc3)c3cccc(c32)N4c2ccccc2)cc1. The molecule has 0 spiro atoms. The second kappa shape index (κ2) is 13.7. The van der Waals surface area contributed by atoms with Crippen LogP contribution < -0.4 is 51.9 Å². The number of fused-ring (bicyclic) bond motifs is 12. The largest absolute Gasteiger partial charge is 0.468 e. The van der Waals surface area contributed by atoms with Crippen molar-refractivity contribution in [3.05, 3.63) is 218 Å². The molecule has 0 N–H and O–H groups in total. The van der Waals surface area contributed by atoms with E-state index in [0.717, 1.165) is 62.1 Å². The van der Waals surface area contributed by atoms with Crippen LogP contribution in [0.25, 0.3) is 21.1 Å². The highest BCUT2D eigenvalue weighted by Gasteiger charge is 2.50. The molecule has 66 heavy (non-hydrogen) atoms. The topological polar surface area (TPSA) is 26.1 Å². The van der Waals surface area contributed by atoms with Gasteiger partial charge in [0.15, 0.2) is 0 Å². The molecule has 4 aliphatic rings. The number of anilines is 12. The number of para-hydroxylation sites is 5. The average Bonchev–Trinajstić information content (AvgIpc) is 3.96. The van der Waals surface area contributed by atoms with E-state index in [-0.39, 0.29) is 13.4 Å². The van der Waals surface area contributed by atoms with E-state index in [2.05, 4.69) is 238 Å². The zero-order chi connectivity index (χ0) is 43.0. The molecule has 6 heterocycles. The van der Waals surface area contributed by atoms with Gasteiger partial charge in [-0.15, -0.1) is 11.3 Å². The summed E-state index contributed by atoms with van der Waals surface area (Å²) >= 11 is 1.93. The van der Waals surface area contributed by atoms with Gasteiger partial charge in [-0.3, -0.25) is 0 Å². The highest BCUT2D eigenvalue weighted by atomic mass is 32.1. The summed E-state index contributed by atoms with van der Waals surface area (Å²) in [5, 5.41) is 2.38. The summed E-state index contributed by atoms with van der Waals surface area (Å²) in [6, 6.07) is 79.9. The lowest BCUT2D eigenvalue weighted by Gasteiger charge is -2.46. The summed E-state index contributed by atoms with van der Waals surface area (Å²) < 4.78 is 9.89. The van der Waals surface area contributed by atoms with Gasteiger partial charge in [-0.1, -0.05) is 121 Å². The van der Waals surface area contributed by atoms with Gasteiger partial charge >= 0.3 is 0 Å². The Bertz CT molecular complexity index is 3520. The monoisotopic (exact) mass is 858 g/mol. The minimum Gasteiger partial charge on any atom is -0.468 e. The molecule has 0 radical (unpaired) electrons. The summed E-state index contributed by atoms with van der Waals surface area (Å²) in [4.78, 5) is 9.98. The first-order valence-corrected chi connectivity index (χ1v) is 23.5. The Labute approximate surface area is 386 Å². The fourth-order valence-electron chi connectivity index (χ4n) is 11.6. The van der Waals surface area contributed by atoms with Gasteiger partial charge in [0.25, 0.3) is 13.4 Å². The number of thiophene rings is 1. The molecule has 0 saturated heterocycles. The van der Waals surface area contributed by atoms with Gasteiger partial charge in [-0.25, -0.2) is 0 Å². The first kappa shape index (κ1) is 36.2. The van der Waals surface area contributed by atoms with Crippen molar-refractivity contribution in [2.24, 2.45) is 0 Å². The normalized spacial score (nSPS) is 13.9. The predicted molar refractivity (Wildman–Crippen MR) is 280 cm³/mol. The minimum absolute atomic E-state index is 0.0369. The van der Waals surface area contributed by atoms with E-state index in [9.17, 15) is 0 Å². The second-order valence-electron chi connectivity index (χ2n) is 17.6. The molecule has 0 saturated carbocycles. The molecule has 11 aromatic rings. The Kier molecular flexibility index (Phi) is 7.49. The lowest BCUT2D eigenvalue weighted by molar-refractivity contribution is 0.651. The molecule has 0 atom stereocenters. The first-order valence-electron chi connectivity index (χ1n) is 22.7. The van der Waals surface area contributed by atoms with Crippen LogP contribution in [0.1, 0.15) is 0 Å². The van der Waals surface area contributed by atoms with Crippen molar-refractivity contribution in [2.75, 3.05) is 19.6 Å². The van der Waals surface area contributed by atoms with Crippen LogP contribution in [-0.4, -0.2) is 13.4 Å². The van der Waals surface area contributed by atoms with Crippen molar-refractivity contribution in [1.82, 2.24) is 0 Å². The van der Waals surface area contributed by atoms with E-state index in [1.807, 2.05) is 11.3 Å². The Hall–Kier alpha value is -8.19. The molecule has 8 heteroatoms. The molecule has 0 amide bonds. The number of furan rings is 1. The molecule has 4 aliphatic heterocycles. The van der Waals surface area contributed by atoms with E-state index < -0.39 is 0 Å². The van der Waals surface area contributed by atoms with Gasteiger partial charge in [0, 0.05) is 77.1 Å². The predicted octanol–water partition coefficient (Wildman–Crippen LogP) is 11.8. The van der Waals surface area contributed by atoms with Crippen LogP contribution >= 0.6 is 11.3 Å². The Balaban J connectivity index is 1.08. The van der Waals surface area contributed by atoms with E-state index >= 15 is 0 Å².